The predicted molar refractivity (Wildman–Crippen MR) is 124 cm³/mol. The molecule has 2 heterocycles. The van der Waals surface area contributed by atoms with Crippen molar-refractivity contribution in [2.24, 2.45) is 7.05 Å². The van der Waals surface area contributed by atoms with E-state index in [-0.39, 0.29) is 0 Å². The van der Waals surface area contributed by atoms with E-state index in [1.807, 2.05) is 31.3 Å². The minimum Gasteiger partial charge on any atom is -0.326 e. The molecule has 0 fully saturated rings. The first-order chi connectivity index (χ1) is 14.8. The van der Waals surface area contributed by atoms with E-state index in [9.17, 15) is 0 Å². The average molecular weight is 385 g/mol. The molecule has 0 aliphatic rings. The largest absolute Gasteiger partial charge is 0.326 e. The predicted octanol–water partition coefficient (Wildman–Crippen LogP) is 6.61. The molecule has 30 heavy (non-hydrogen) atoms. The highest BCUT2D eigenvalue weighted by molar-refractivity contribution is 6.08. The van der Waals surface area contributed by atoms with Gasteiger partial charge in [-0.05, 0) is 51.9 Å². The van der Waals surface area contributed by atoms with Gasteiger partial charge in [0.05, 0.1) is 16.7 Å². The van der Waals surface area contributed by atoms with Gasteiger partial charge in [0, 0.05) is 12.6 Å². The third-order valence-electron chi connectivity index (χ3n) is 5.81. The smallest absolute Gasteiger partial charge is 0.159 e. The maximum absolute atomic E-state index is 4.96. The van der Waals surface area contributed by atoms with Gasteiger partial charge >= 0.3 is 0 Å². The molecule has 142 valence electrons. The maximum atomic E-state index is 4.96. The summed E-state index contributed by atoms with van der Waals surface area (Å²) in [6.45, 7) is 0. The summed E-state index contributed by atoms with van der Waals surface area (Å²) in [6, 6.07) is 33.8. The second-order valence-corrected chi connectivity index (χ2v) is 7.61. The zero-order valence-corrected chi connectivity index (χ0v) is 16.6. The van der Waals surface area contributed by atoms with Crippen LogP contribution in [0.2, 0.25) is 0 Å². The van der Waals surface area contributed by atoms with Gasteiger partial charge in [-0.1, -0.05) is 66.7 Å². The molecule has 0 unspecified atom stereocenters. The molecule has 0 saturated heterocycles. The fourth-order valence-electron chi connectivity index (χ4n) is 4.27. The van der Waals surface area contributed by atoms with E-state index in [0.29, 0.717) is 0 Å². The number of fused-ring (bicyclic) bond motifs is 4. The molecule has 0 radical (unpaired) electrons. The molecule has 2 aromatic heterocycles. The van der Waals surface area contributed by atoms with Crippen molar-refractivity contribution in [3.8, 4) is 22.8 Å². The Morgan fingerprint density at radius 3 is 2.30 bits per heavy atom. The van der Waals surface area contributed by atoms with Gasteiger partial charge in [-0.25, -0.2) is 9.97 Å². The standard InChI is InChI=1S/C27H19N3/c1-30-26-12-5-4-9-24(26)29-27(30)25-11-6-10-23(28-25)20-15-16-22-19(17-20)14-13-18-7-2-3-8-21(18)22/h2-17H,1H3. The number of rotatable bonds is 2. The van der Waals surface area contributed by atoms with Gasteiger partial charge < -0.3 is 4.57 Å². The van der Waals surface area contributed by atoms with Crippen molar-refractivity contribution in [3.63, 3.8) is 0 Å². The first-order valence-electron chi connectivity index (χ1n) is 10.1. The lowest BCUT2D eigenvalue weighted by Crippen LogP contribution is -1.95. The zero-order chi connectivity index (χ0) is 20.1. The first-order valence-corrected chi connectivity index (χ1v) is 10.1. The topological polar surface area (TPSA) is 30.7 Å². The third kappa shape index (κ3) is 2.60. The van der Waals surface area contributed by atoms with Crippen molar-refractivity contribution in [2.45, 2.75) is 0 Å². The van der Waals surface area contributed by atoms with Crippen molar-refractivity contribution in [2.75, 3.05) is 0 Å². The Kier molecular flexibility index (Phi) is 3.68. The van der Waals surface area contributed by atoms with Crippen LogP contribution in [0.5, 0.6) is 0 Å². The van der Waals surface area contributed by atoms with Gasteiger partial charge in [-0.15, -0.1) is 0 Å². The Bertz CT molecular complexity index is 1560. The number of pyridine rings is 1. The molecule has 0 aliphatic carbocycles. The third-order valence-corrected chi connectivity index (χ3v) is 5.81. The SMILES string of the molecule is Cn1c(-c2cccc(-c3ccc4c(ccc5ccccc54)c3)n2)nc2ccccc21. The van der Waals surface area contributed by atoms with E-state index in [4.69, 9.17) is 9.97 Å². The van der Waals surface area contributed by atoms with Crippen LogP contribution in [-0.4, -0.2) is 14.5 Å². The number of benzene rings is 4. The number of aryl methyl sites for hydroxylation is 1. The molecule has 0 aliphatic heterocycles. The molecule has 0 N–H and O–H groups in total. The van der Waals surface area contributed by atoms with Crippen molar-refractivity contribution in [1.82, 2.24) is 14.5 Å². The Balaban J connectivity index is 1.49. The normalized spacial score (nSPS) is 11.5. The van der Waals surface area contributed by atoms with Crippen LogP contribution >= 0.6 is 0 Å². The summed E-state index contributed by atoms with van der Waals surface area (Å²) in [5.74, 6) is 0.879. The lowest BCUT2D eigenvalue weighted by atomic mass is 9.99. The Hall–Kier alpha value is -3.98. The molecule has 0 atom stereocenters. The van der Waals surface area contributed by atoms with Gasteiger partial charge in [0.2, 0.25) is 0 Å². The molecular weight excluding hydrogens is 366 g/mol. The van der Waals surface area contributed by atoms with Crippen molar-refractivity contribution in [1.29, 1.82) is 0 Å². The molecule has 4 aromatic carbocycles. The molecule has 0 spiro atoms. The van der Waals surface area contributed by atoms with Crippen LogP contribution in [0.15, 0.2) is 97.1 Å². The number of aromatic nitrogens is 3. The van der Waals surface area contributed by atoms with Gasteiger partial charge in [-0.2, -0.15) is 0 Å². The molecule has 0 amide bonds. The minimum absolute atomic E-state index is 0.879. The van der Waals surface area contributed by atoms with Crippen LogP contribution in [0.25, 0.3) is 55.4 Å². The highest BCUT2D eigenvalue weighted by Crippen LogP contribution is 2.30. The second kappa shape index (κ2) is 6.53. The van der Waals surface area contributed by atoms with E-state index in [1.54, 1.807) is 0 Å². The van der Waals surface area contributed by atoms with Crippen LogP contribution in [0, 0.1) is 0 Å². The summed E-state index contributed by atoms with van der Waals surface area (Å²) in [6.07, 6.45) is 0. The fourth-order valence-corrected chi connectivity index (χ4v) is 4.27. The summed E-state index contributed by atoms with van der Waals surface area (Å²) in [5.41, 5.74) is 5.04. The molecule has 0 saturated carbocycles. The molecule has 6 aromatic rings. The quantitative estimate of drug-likeness (QED) is 0.314. The minimum atomic E-state index is 0.879. The Morgan fingerprint density at radius 2 is 1.37 bits per heavy atom. The molecular formula is C27H19N3. The van der Waals surface area contributed by atoms with Gasteiger partial charge in [-0.3, -0.25) is 0 Å². The van der Waals surface area contributed by atoms with Gasteiger partial charge in [0.25, 0.3) is 0 Å². The maximum Gasteiger partial charge on any atom is 0.159 e. The van der Waals surface area contributed by atoms with E-state index in [2.05, 4.69) is 77.4 Å². The van der Waals surface area contributed by atoms with Crippen molar-refractivity contribution in [3.05, 3.63) is 97.1 Å². The summed E-state index contributed by atoms with van der Waals surface area (Å²) in [5, 5.41) is 5.03. The highest BCUT2D eigenvalue weighted by Gasteiger charge is 2.12. The summed E-state index contributed by atoms with van der Waals surface area (Å²) in [7, 11) is 2.04. The van der Waals surface area contributed by atoms with Crippen molar-refractivity contribution < 1.29 is 0 Å². The first kappa shape index (κ1) is 16.9. The van der Waals surface area contributed by atoms with E-state index >= 15 is 0 Å². The van der Waals surface area contributed by atoms with Gasteiger partial charge in [0.1, 0.15) is 5.69 Å². The molecule has 3 heteroatoms. The summed E-state index contributed by atoms with van der Waals surface area (Å²) < 4.78 is 2.11. The Morgan fingerprint density at radius 1 is 0.600 bits per heavy atom. The highest BCUT2D eigenvalue weighted by atomic mass is 15.1. The number of hydrogen-bond acceptors (Lipinski definition) is 2. The van der Waals surface area contributed by atoms with E-state index in [1.165, 1.54) is 21.5 Å². The fraction of sp³-hybridized carbons (Fsp3) is 0.0370. The summed E-state index contributed by atoms with van der Waals surface area (Å²) >= 11 is 0. The van der Waals surface area contributed by atoms with Crippen LogP contribution in [0.4, 0.5) is 0 Å². The van der Waals surface area contributed by atoms with Crippen LogP contribution in [-0.2, 0) is 7.05 Å². The van der Waals surface area contributed by atoms with Crippen LogP contribution in [0.1, 0.15) is 0 Å². The lowest BCUT2D eigenvalue weighted by Gasteiger charge is -2.08. The van der Waals surface area contributed by atoms with Gasteiger partial charge in [0.15, 0.2) is 5.82 Å². The zero-order valence-electron chi connectivity index (χ0n) is 16.6. The van der Waals surface area contributed by atoms with Crippen LogP contribution in [0.3, 0.4) is 0 Å². The number of nitrogens with zero attached hydrogens (tertiary/aromatic N) is 3. The number of hydrogen-bond donors (Lipinski definition) is 0. The number of para-hydroxylation sites is 2. The van der Waals surface area contributed by atoms with E-state index in [0.717, 1.165) is 33.8 Å². The van der Waals surface area contributed by atoms with E-state index < -0.39 is 0 Å². The Labute approximate surface area is 174 Å². The molecule has 0 bridgehead atoms. The summed E-state index contributed by atoms with van der Waals surface area (Å²) in [4.78, 5) is 9.76. The average Bonchev–Trinajstić information content (AvgIpc) is 3.15. The van der Waals surface area contributed by atoms with Crippen LogP contribution < -0.4 is 0 Å². The molecule has 6 rings (SSSR count). The molecule has 3 nitrogen and oxygen atoms in total. The second-order valence-electron chi connectivity index (χ2n) is 7.61. The lowest BCUT2D eigenvalue weighted by molar-refractivity contribution is 0.951. The number of imidazole rings is 1. The van der Waals surface area contributed by atoms with Crippen molar-refractivity contribution >= 4 is 32.6 Å². The monoisotopic (exact) mass is 385 g/mol.